The van der Waals surface area contributed by atoms with Crippen LogP contribution in [0.2, 0.25) is 0 Å². The molecule has 0 radical (unpaired) electrons. The van der Waals surface area contributed by atoms with Gasteiger partial charge in [0.2, 0.25) is 0 Å². The van der Waals surface area contributed by atoms with Gasteiger partial charge in [0.25, 0.3) is 0 Å². The first kappa shape index (κ1) is 20.0. The summed E-state index contributed by atoms with van der Waals surface area (Å²) in [5.41, 5.74) is 2.42. The number of ether oxygens (including phenoxy) is 3. The minimum absolute atomic E-state index is 0.426. The third-order valence-corrected chi connectivity index (χ3v) is 5.36. The first-order valence-corrected chi connectivity index (χ1v) is 10.1. The van der Waals surface area contributed by atoms with Crippen LogP contribution in [0, 0.1) is 6.92 Å². The molecule has 3 rings (SSSR count). The zero-order chi connectivity index (χ0) is 19.2. The maximum absolute atomic E-state index is 6.24. The van der Waals surface area contributed by atoms with E-state index >= 15 is 0 Å². The fourth-order valence-corrected chi connectivity index (χ4v) is 3.71. The van der Waals surface area contributed by atoms with E-state index in [9.17, 15) is 0 Å². The molecule has 0 saturated carbocycles. The normalized spacial score (nSPS) is 15.4. The second-order valence-electron chi connectivity index (χ2n) is 7.69. The van der Waals surface area contributed by atoms with Crippen LogP contribution >= 0.6 is 0 Å². The molecular formula is C23H33NO3. The Labute approximate surface area is 163 Å². The SMILES string of the molecule is COc1cc2c(OCCCCN3CCOCC3)c(C)ccc2cc1C(C)C. The number of unbranched alkanes of at least 4 members (excludes halogenated alkanes) is 1. The Morgan fingerprint density at radius 3 is 2.59 bits per heavy atom. The molecule has 4 heteroatoms. The van der Waals surface area contributed by atoms with Crippen LogP contribution in [-0.4, -0.2) is 51.5 Å². The van der Waals surface area contributed by atoms with E-state index in [-0.39, 0.29) is 0 Å². The van der Waals surface area contributed by atoms with Crippen LogP contribution in [0.15, 0.2) is 24.3 Å². The Morgan fingerprint density at radius 1 is 1.11 bits per heavy atom. The van der Waals surface area contributed by atoms with Crippen LogP contribution in [0.4, 0.5) is 0 Å². The highest BCUT2D eigenvalue weighted by Gasteiger charge is 2.14. The molecule has 2 aromatic carbocycles. The summed E-state index contributed by atoms with van der Waals surface area (Å²) < 4.78 is 17.3. The summed E-state index contributed by atoms with van der Waals surface area (Å²) in [4.78, 5) is 2.48. The van der Waals surface area contributed by atoms with Gasteiger partial charge in [-0.25, -0.2) is 0 Å². The molecule has 0 amide bonds. The second kappa shape index (κ2) is 9.43. The lowest BCUT2D eigenvalue weighted by Gasteiger charge is -2.26. The topological polar surface area (TPSA) is 30.9 Å². The largest absolute Gasteiger partial charge is 0.496 e. The number of rotatable bonds is 8. The molecule has 1 aliphatic rings. The van der Waals surface area contributed by atoms with Gasteiger partial charge in [0, 0.05) is 18.5 Å². The average molecular weight is 372 g/mol. The van der Waals surface area contributed by atoms with E-state index in [2.05, 4.69) is 49.9 Å². The van der Waals surface area contributed by atoms with Crippen LogP contribution in [0.25, 0.3) is 10.8 Å². The Morgan fingerprint density at radius 2 is 1.89 bits per heavy atom. The van der Waals surface area contributed by atoms with Gasteiger partial charge in [-0.1, -0.05) is 26.0 Å². The second-order valence-corrected chi connectivity index (χ2v) is 7.69. The predicted molar refractivity (Wildman–Crippen MR) is 111 cm³/mol. The van der Waals surface area contributed by atoms with Crippen LogP contribution in [0.3, 0.4) is 0 Å². The van der Waals surface area contributed by atoms with Gasteiger partial charge in [-0.2, -0.15) is 0 Å². The smallest absolute Gasteiger partial charge is 0.130 e. The van der Waals surface area contributed by atoms with E-state index in [1.807, 2.05) is 0 Å². The molecule has 0 unspecified atom stereocenters. The van der Waals surface area contributed by atoms with Crippen molar-refractivity contribution in [2.75, 3.05) is 46.6 Å². The monoisotopic (exact) mass is 371 g/mol. The Hall–Kier alpha value is -1.78. The fraction of sp³-hybridized carbons (Fsp3) is 0.565. The lowest BCUT2D eigenvalue weighted by atomic mass is 9.96. The summed E-state index contributed by atoms with van der Waals surface area (Å²) in [6.45, 7) is 12.2. The summed E-state index contributed by atoms with van der Waals surface area (Å²) >= 11 is 0. The lowest BCUT2D eigenvalue weighted by molar-refractivity contribution is 0.0368. The maximum Gasteiger partial charge on any atom is 0.130 e. The lowest BCUT2D eigenvalue weighted by Crippen LogP contribution is -2.36. The molecule has 0 N–H and O–H groups in total. The molecule has 0 aliphatic carbocycles. The quantitative estimate of drug-likeness (QED) is 0.625. The molecule has 1 saturated heterocycles. The number of morpholine rings is 1. The molecule has 0 aromatic heterocycles. The standard InChI is InChI=1S/C23H33NO3/c1-17(2)20-15-19-8-7-18(3)23(21(19)16-22(20)25-4)27-12-6-5-9-24-10-13-26-14-11-24/h7-8,15-17H,5-6,9-14H2,1-4H3. The van der Waals surface area contributed by atoms with Gasteiger partial charge in [0.15, 0.2) is 0 Å². The highest BCUT2D eigenvalue weighted by Crippen LogP contribution is 2.37. The van der Waals surface area contributed by atoms with E-state index in [4.69, 9.17) is 14.2 Å². The van der Waals surface area contributed by atoms with Gasteiger partial charge in [-0.3, -0.25) is 4.90 Å². The zero-order valence-electron chi connectivity index (χ0n) is 17.2. The number of nitrogens with zero attached hydrogens (tertiary/aromatic N) is 1. The molecule has 1 heterocycles. The number of fused-ring (bicyclic) bond motifs is 1. The molecule has 0 bridgehead atoms. The van der Waals surface area contributed by atoms with E-state index in [1.165, 1.54) is 16.5 Å². The van der Waals surface area contributed by atoms with E-state index in [1.54, 1.807) is 7.11 Å². The molecule has 0 spiro atoms. The van der Waals surface area contributed by atoms with Crippen LogP contribution in [0.1, 0.15) is 43.7 Å². The van der Waals surface area contributed by atoms with Crippen molar-refractivity contribution in [3.8, 4) is 11.5 Å². The van der Waals surface area contributed by atoms with Gasteiger partial charge in [0.1, 0.15) is 11.5 Å². The summed E-state index contributed by atoms with van der Waals surface area (Å²) in [5, 5.41) is 2.36. The molecule has 27 heavy (non-hydrogen) atoms. The Bertz CT molecular complexity index is 751. The summed E-state index contributed by atoms with van der Waals surface area (Å²) in [6, 6.07) is 8.72. The number of benzene rings is 2. The molecule has 0 atom stereocenters. The van der Waals surface area contributed by atoms with Crippen molar-refractivity contribution < 1.29 is 14.2 Å². The Kier molecular flexibility index (Phi) is 6.97. The molecule has 4 nitrogen and oxygen atoms in total. The van der Waals surface area contributed by atoms with Crippen LogP contribution in [0.5, 0.6) is 11.5 Å². The van der Waals surface area contributed by atoms with Gasteiger partial charge in [0.05, 0.1) is 26.9 Å². The maximum atomic E-state index is 6.24. The number of hydrogen-bond donors (Lipinski definition) is 0. The third kappa shape index (κ3) is 4.94. The highest BCUT2D eigenvalue weighted by molar-refractivity contribution is 5.91. The third-order valence-electron chi connectivity index (χ3n) is 5.36. The number of aryl methyl sites for hydroxylation is 1. The molecular weight excluding hydrogens is 338 g/mol. The molecule has 1 aliphatic heterocycles. The minimum atomic E-state index is 0.426. The highest BCUT2D eigenvalue weighted by atomic mass is 16.5. The first-order chi connectivity index (χ1) is 13.1. The van der Waals surface area contributed by atoms with Crippen molar-refractivity contribution in [2.24, 2.45) is 0 Å². The zero-order valence-corrected chi connectivity index (χ0v) is 17.2. The van der Waals surface area contributed by atoms with E-state index in [0.29, 0.717) is 5.92 Å². The summed E-state index contributed by atoms with van der Waals surface area (Å²) in [5.74, 6) is 2.36. The van der Waals surface area contributed by atoms with Crippen LogP contribution in [-0.2, 0) is 4.74 Å². The molecule has 2 aromatic rings. The van der Waals surface area contributed by atoms with Crippen molar-refractivity contribution in [3.63, 3.8) is 0 Å². The van der Waals surface area contributed by atoms with Gasteiger partial charge in [-0.15, -0.1) is 0 Å². The van der Waals surface area contributed by atoms with Crippen molar-refractivity contribution in [3.05, 3.63) is 35.4 Å². The molecule has 148 valence electrons. The van der Waals surface area contributed by atoms with Gasteiger partial charge < -0.3 is 14.2 Å². The van der Waals surface area contributed by atoms with Crippen molar-refractivity contribution in [2.45, 2.75) is 39.5 Å². The van der Waals surface area contributed by atoms with Crippen molar-refractivity contribution in [1.82, 2.24) is 4.90 Å². The first-order valence-electron chi connectivity index (χ1n) is 10.1. The fourth-order valence-electron chi connectivity index (χ4n) is 3.71. The average Bonchev–Trinajstić information content (AvgIpc) is 2.68. The summed E-state index contributed by atoms with van der Waals surface area (Å²) in [7, 11) is 1.75. The predicted octanol–water partition coefficient (Wildman–Crippen LogP) is 4.77. The van der Waals surface area contributed by atoms with Gasteiger partial charge in [-0.05, 0) is 60.9 Å². The van der Waals surface area contributed by atoms with Crippen LogP contribution < -0.4 is 9.47 Å². The van der Waals surface area contributed by atoms with E-state index in [0.717, 1.165) is 69.2 Å². The minimum Gasteiger partial charge on any atom is -0.496 e. The van der Waals surface area contributed by atoms with E-state index < -0.39 is 0 Å². The number of hydrogen-bond acceptors (Lipinski definition) is 4. The van der Waals surface area contributed by atoms with Crippen molar-refractivity contribution in [1.29, 1.82) is 0 Å². The number of methoxy groups -OCH3 is 1. The van der Waals surface area contributed by atoms with Crippen molar-refractivity contribution >= 4 is 10.8 Å². The summed E-state index contributed by atoms with van der Waals surface area (Å²) in [6.07, 6.45) is 2.22. The van der Waals surface area contributed by atoms with Gasteiger partial charge >= 0.3 is 0 Å². The molecule has 1 fully saturated rings. The Balaban J connectivity index is 1.66.